The number of aryl methyl sites for hydroxylation is 3. The van der Waals surface area contributed by atoms with E-state index in [1.54, 1.807) is 0 Å². The SMILES string of the molecule is CCCCCCCCCCCCn1c(CCCCCNC(=O)Cc2ccccc2C)nc2ccccc21. The predicted octanol–water partition coefficient (Wildman–Crippen LogP) is 8.34. The molecule has 3 rings (SSSR count). The van der Waals surface area contributed by atoms with Gasteiger partial charge in [-0.05, 0) is 49.4 Å². The first-order chi connectivity index (χ1) is 18.2. The summed E-state index contributed by atoms with van der Waals surface area (Å²) in [7, 11) is 0. The van der Waals surface area contributed by atoms with Crippen molar-refractivity contribution in [3.05, 3.63) is 65.5 Å². The van der Waals surface area contributed by atoms with Crippen molar-refractivity contribution in [3.63, 3.8) is 0 Å². The van der Waals surface area contributed by atoms with Crippen molar-refractivity contribution in [2.45, 2.75) is 117 Å². The summed E-state index contributed by atoms with van der Waals surface area (Å²) < 4.78 is 2.46. The lowest BCUT2D eigenvalue weighted by molar-refractivity contribution is -0.120. The second-order valence-electron chi connectivity index (χ2n) is 10.6. The van der Waals surface area contributed by atoms with Crippen LogP contribution in [0.4, 0.5) is 0 Å². The lowest BCUT2D eigenvalue weighted by Crippen LogP contribution is -2.26. The molecule has 0 atom stereocenters. The maximum atomic E-state index is 12.3. The van der Waals surface area contributed by atoms with Crippen LogP contribution in [0.1, 0.15) is 107 Å². The largest absolute Gasteiger partial charge is 0.356 e. The Labute approximate surface area is 225 Å². The van der Waals surface area contributed by atoms with Gasteiger partial charge in [0.05, 0.1) is 17.5 Å². The van der Waals surface area contributed by atoms with E-state index in [9.17, 15) is 4.79 Å². The maximum absolute atomic E-state index is 12.3. The smallest absolute Gasteiger partial charge is 0.224 e. The van der Waals surface area contributed by atoms with Gasteiger partial charge in [-0.2, -0.15) is 0 Å². The fraction of sp³-hybridized carbons (Fsp3) is 0.576. The maximum Gasteiger partial charge on any atom is 0.224 e. The van der Waals surface area contributed by atoms with Gasteiger partial charge < -0.3 is 9.88 Å². The van der Waals surface area contributed by atoms with Crippen molar-refractivity contribution in [1.29, 1.82) is 0 Å². The zero-order valence-corrected chi connectivity index (χ0v) is 23.4. The van der Waals surface area contributed by atoms with Gasteiger partial charge in [-0.3, -0.25) is 4.79 Å². The number of nitrogens with one attached hydrogen (secondary N) is 1. The quantitative estimate of drug-likeness (QED) is 0.167. The van der Waals surface area contributed by atoms with Gasteiger partial charge in [-0.25, -0.2) is 4.98 Å². The van der Waals surface area contributed by atoms with Crippen LogP contribution in [0.25, 0.3) is 11.0 Å². The lowest BCUT2D eigenvalue weighted by atomic mass is 10.1. The first-order valence-corrected chi connectivity index (χ1v) is 14.9. The molecule has 4 nitrogen and oxygen atoms in total. The number of aromatic nitrogens is 2. The molecule has 1 heterocycles. The Hall–Kier alpha value is -2.62. The molecule has 0 saturated heterocycles. The van der Waals surface area contributed by atoms with E-state index in [4.69, 9.17) is 4.98 Å². The van der Waals surface area contributed by atoms with Crippen LogP contribution >= 0.6 is 0 Å². The highest BCUT2D eigenvalue weighted by atomic mass is 16.1. The molecule has 3 aromatic rings. The van der Waals surface area contributed by atoms with Crippen molar-refractivity contribution in [3.8, 4) is 0 Å². The van der Waals surface area contributed by atoms with Crippen LogP contribution < -0.4 is 5.32 Å². The van der Waals surface area contributed by atoms with Crippen LogP contribution in [0.2, 0.25) is 0 Å². The van der Waals surface area contributed by atoms with Gasteiger partial charge in [0.25, 0.3) is 0 Å². The van der Waals surface area contributed by atoms with Crippen molar-refractivity contribution in [2.24, 2.45) is 0 Å². The highest BCUT2D eigenvalue weighted by Gasteiger charge is 2.10. The summed E-state index contributed by atoms with van der Waals surface area (Å²) in [5.41, 5.74) is 4.68. The third kappa shape index (κ3) is 10.3. The molecule has 0 radical (unpaired) electrons. The topological polar surface area (TPSA) is 46.9 Å². The number of hydrogen-bond donors (Lipinski definition) is 1. The first-order valence-electron chi connectivity index (χ1n) is 14.9. The first kappa shape index (κ1) is 28.9. The van der Waals surface area contributed by atoms with E-state index in [1.807, 2.05) is 18.2 Å². The second-order valence-corrected chi connectivity index (χ2v) is 10.6. The zero-order chi connectivity index (χ0) is 26.1. The van der Waals surface area contributed by atoms with Crippen molar-refractivity contribution >= 4 is 16.9 Å². The number of carbonyl (C=O) groups is 1. The number of carbonyl (C=O) groups excluding carboxylic acids is 1. The highest BCUT2D eigenvalue weighted by Crippen LogP contribution is 2.19. The Bertz CT molecular complexity index is 1050. The summed E-state index contributed by atoms with van der Waals surface area (Å²) in [5.74, 6) is 1.34. The van der Waals surface area contributed by atoms with Gasteiger partial charge >= 0.3 is 0 Å². The minimum Gasteiger partial charge on any atom is -0.356 e. The molecule has 0 aliphatic heterocycles. The minimum atomic E-state index is 0.118. The molecule has 1 amide bonds. The van der Waals surface area contributed by atoms with Gasteiger partial charge in [0.15, 0.2) is 0 Å². The van der Waals surface area contributed by atoms with E-state index in [0.717, 1.165) is 49.9 Å². The van der Waals surface area contributed by atoms with E-state index in [2.05, 4.69) is 54.1 Å². The molecule has 0 unspecified atom stereocenters. The summed E-state index contributed by atoms with van der Waals surface area (Å²) in [6, 6.07) is 16.7. The minimum absolute atomic E-state index is 0.118. The molecular formula is C33H49N3O. The molecule has 0 saturated carbocycles. The Morgan fingerprint density at radius 2 is 1.43 bits per heavy atom. The van der Waals surface area contributed by atoms with Crippen molar-refractivity contribution in [1.82, 2.24) is 14.9 Å². The van der Waals surface area contributed by atoms with Crippen LogP contribution in [0, 0.1) is 6.92 Å². The summed E-state index contributed by atoms with van der Waals surface area (Å²) in [4.78, 5) is 17.2. The molecule has 1 aromatic heterocycles. The summed E-state index contributed by atoms with van der Waals surface area (Å²) >= 11 is 0. The number of para-hydroxylation sites is 2. The molecule has 37 heavy (non-hydrogen) atoms. The molecule has 1 N–H and O–H groups in total. The number of amides is 1. The fourth-order valence-corrected chi connectivity index (χ4v) is 5.18. The molecule has 0 fully saturated rings. The van der Waals surface area contributed by atoms with E-state index < -0.39 is 0 Å². The van der Waals surface area contributed by atoms with E-state index >= 15 is 0 Å². The second kappa shape index (κ2) is 17.0. The third-order valence-electron chi connectivity index (χ3n) is 7.48. The van der Waals surface area contributed by atoms with Gasteiger partial charge in [0.1, 0.15) is 5.82 Å². The van der Waals surface area contributed by atoms with Gasteiger partial charge in [0.2, 0.25) is 5.91 Å². The van der Waals surface area contributed by atoms with Gasteiger partial charge in [0, 0.05) is 19.5 Å². The zero-order valence-electron chi connectivity index (χ0n) is 23.4. The molecule has 202 valence electrons. The van der Waals surface area contributed by atoms with Gasteiger partial charge in [-0.15, -0.1) is 0 Å². The van der Waals surface area contributed by atoms with E-state index in [1.165, 1.54) is 81.1 Å². The molecular weight excluding hydrogens is 454 g/mol. The summed E-state index contributed by atoms with van der Waals surface area (Å²) in [6.45, 7) is 6.17. The molecule has 0 aliphatic rings. The predicted molar refractivity (Wildman–Crippen MR) is 157 cm³/mol. The Balaban J connectivity index is 1.34. The van der Waals surface area contributed by atoms with Crippen LogP contribution in [-0.4, -0.2) is 22.0 Å². The van der Waals surface area contributed by atoms with Crippen LogP contribution in [0.5, 0.6) is 0 Å². The average molecular weight is 504 g/mol. The highest BCUT2D eigenvalue weighted by molar-refractivity contribution is 5.78. The summed E-state index contributed by atoms with van der Waals surface area (Å²) in [5, 5.41) is 3.09. The molecule has 2 aromatic carbocycles. The molecule has 0 spiro atoms. The normalized spacial score (nSPS) is 11.3. The van der Waals surface area contributed by atoms with Crippen LogP contribution in [-0.2, 0) is 24.2 Å². The number of fused-ring (bicyclic) bond motifs is 1. The third-order valence-corrected chi connectivity index (χ3v) is 7.48. The van der Waals surface area contributed by atoms with Crippen LogP contribution in [0.15, 0.2) is 48.5 Å². The number of benzene rings is 2. The summed E-state index contributed by atoms with van der Waals surface area (Å²) in [6.07, 6.45) is 18.3. The van der Waals surface area contributed by atoms with Gasteiger partial charge in [-0.1, -0.05) is 108 Å². The standard InChI is InChI=1S/C33H49N3O/c1-3-4-5-6-7-8-9-10-11-19-26-36-31-23-17-16-22-30(31)35-32(36)24-13-12-18-25-34-33(37)27-29-21-15-14-20-28(29)2/h14-17,20-23H,3-13,18-19,24-27H2,1-2H3,(H,34,37). The van der Waals surface area contributed by atoms with Crippen LogP contribution in [0.3, 0.4) is 0 Å². The number of unbranched alkanes of at least 4 members (excludes halogenated alkanes) is 11. The Morgan fingerprint density at radius 1 is 0.784 bits per heavy atom. The average Bonchev–Trinajstić information content (AvgIpc) is 3.26. The lowest BCUT2D eigenvalue weighted by Gasteiger charge is -2.10. The van der Waals surface area contributed by atoms with Crippen molar-refractivity contribution < 1.29 is 4.79 Å². The number of imidazole rings is 1. The van der Waals surface area contributed by atoms with Crippen molar-refractivity contribution in [2.75, 3.05) is 6.54 Å². The van der Waals surface area contributed by atoms with E-state index in [0.29, 0.717) is 6.42 Å². The molecule has 4 heteroatoms. The Morgan fingerprint density at radius 3 is 2.19 bits per heavy atom. The monoisotopic (exact) mass is 503 g/mol. The number of hydrogen-bond acceptors (Lipinski definition) is 2. The molecule has 0 bridgehead atoms. The van der Waals surface area contributed by atoms with E-state index in [-0.39, 0.29) is 5.91 Å². The Kier molecular flexibility index (Phi) is 13.3. The molecule has 0 aliphatic carbocycles. The fourth-order valence-electron chi connectivity index (χ4n) is 5.18. The number of rotatable bonds is 19. The number of nitrogens with zero attached hydrogens (tertiary/aromatic N) is 2.